The zero-order valence-electron chi connectivity index (χ0n) is 11.2. The number of hydrogen-bond donors (Lipinski definition) is 2. The molecule has 0 radical (unpaired) electrons. The molecule has 0 atom stereocenters. The van der Waals surface area contributed by atoms with Crippen LogP contribution in [-0.4, -0.2) is 42.6 Å². The second-order valence-corrected chi connectivity index (χ2v) is 4.54. The average Bonchev–Trinajstić information content (AvgIpc) is 3.04. The molecule has 0 aliphatic heterocycles. The van der Waals surface area contributed by atoms with Crippen molar-refractivity contribution in [2.75, 3.05) is 18.5 Å². The molecule has 0 aliphatic carbocycles. The van der Waals surface area contributed by atoms with Gasteiger partial charge >= 0.3 is 0 Å². The number of aliphatic hydroxyl groups is 1. The number of nitrogens with zero attached hydrogens (tertiary/aromatic N) is 5. The van der Waals surface area contributed by atoms with Crippen LogP contribution >= 0.6 is 0 Å². The Balaban J connectivity index is 1.95. The van der Waals surface area contributed by atoms with Crippen LogP contribution in [-0.2, 0) is 7.05 Å². The number of rotatable bonds is 5. The van der Waals surface area contributed by atoms with Gasteiger partial charge in [0.05, 0.1) is 18.1 Å². The average molecular weight is 272 g/mol. The van der Waals surface area contributed by atoms with Crippen LogP contribution in [0.2, 0.25) is 0 Å². The molecular weight excluding hydrogens is 256 g/mol. The van der Waals surface area contributed by atoms with Crippen molar-refractivity contribution in [1.82, 2.24) is 24.4 Å². The highest BCUT2D eigenvalue weighted by atomic mass is 16.3. The fourth-order valence-electron chi connectivity index (χ4n) is 2.01. The molecule has 2 N–H and O–H groups in total. The Morgan fingerprint density at radius 1 is 1.30 bits per heavy atom. The Hall–Kier alpha value is -2.41. The molecule has 0 spiro atoms. The predicted octanol–water partition coefficient (Wildman–Crippen LogP) is 0.924. The highest BCUT2D eigenvalue weighted by molar-refractivity contribution is 5.62. The van der Waals surface area contributed by atoms with Crippen LogP contribution in [0.5, 0.6) is 0 Å². The number of fused-ring (bicyclic) bond motifs is 1. The maximum Gasteiger partial charge on any atom is 0.154 e. The number of nitrogens with one attached hydrogen (secondary N) is 1. The summed E-state index contributed by atoms with van der Waals surface area (Å²) in [4.78, 5) is 4.34. The van der Waals surface area contributed by atoms with E-state index in [1.807, 2.05) is 25.4 Å². The minimum absolute atomic E-state index is 0.168. The summed E-state index contributed by atoms with van der Waals surface area (Å²) in [5, 5.41) is 20.6. The lowest BCUT2D eigenvalue weighted by Gasteiger charge is -2.05. The van der Waals surface area contributed by atoms with Crippen molar-refractivity contribution < 1.29 is 5.11 Å². The Bertz CT molecular complexity index is 717. The molecule has 3 heterocycles. The number of aliphatic hydroxyl groups excluding tert-OH is 1. The molecule has 3 aromatic heterocycles. The first-order valence-electron chi connectivity index (χ1n) is 6.46. The minimum Gasteiger partial charge on any atom is -0.396 e. The standard InChI is InChI=1S/C13H16N6O/c1-18-9-10(7-16-18)11-8-15-13-4-3-12(17-19(11)13)14-5-2-6-20/h3-4,7-9,20H,2,5-6H2,1H3,(H,14,17). The quantitative estimate of drug-likeness (QED) is 0.675. The van der Waals surface area contributed by atoms with Crippen LogP contribution < -0.4 is 5.32 Å². The highest BCUT2D eigenvalue weighted by Gasteiger charge is 2.09. The molecule has 0 aromatic carbocycles. The van der Waals surface area contributed by atoms with Gasteiger partial charge in [0, 0.05) is 32.0 Å². The lowest BCUT2D eigenvalue weighted by molar-refractivity contribution is 0.292. The van der Waals surface area contributed by atoms with Gasteiger partial charge in [-0.25, -0.2) is 9.50 Å². The van der Waals surface area contributed by atoms with E-state index in [9.17, 15) is 0 Å². The van der Waals surface area contributed by atoms with Gasteiger partial charge in [-0.05, 0) is 18.6 Å². The summed E-state index contributed by atoms with van der Waals surface area (Å²) < 4.78 is 3.54. The molecule has 0 saturated carbocycles. The predicted molar refractivity (Wildman–Crippen MR) is 75.4 cm³/mol. The highest BCUT2D eigenvalue weighted by Crippen LogP contribution is 2.19. The minimum atomic E-state index is 0.168. The summed E-state index contributed by atoms with van der Waals surface area (Å²) in [6.07, 6.45) is 6.20. The van der Waals surface area contributed by atoms with E-state index in [-0.39, 0.29) is 6.61 Å². The first-order valence-corrected chi connectivity index (χ1v) is 6.46. The molecule has 0 bridgehead atoms. The lowest BCUT2D eigenvalue weighted by atomic mass is 10.3. The van der Waals surface area contributed by atoms with Gasteiger partial charge in [0.25, 0.3) is 0 Å². The third-order valence-electron chi connectivity index (χ3n) is 3.00. The van der Waals surface area contributed by atoms with Gasteiger partial charge < -0.3 is 10.4 Å². The van der Waals surface area contributed by atoms with Crippen molar-refractivity contribution in [3.8, 4) is 11.3 Å². The molecular formula is C13H16N6O. The molecule has 7 heteroatoms. The van der Waals surface area contributed by atoms with Crippen molar-refractivity contribution in [2.24, 2.45) is 7.05 Å². The van der Waals surface area contributed by atoms with Crippen molar-refractivity contribution in [3.05, 3.63) is 30.7 Å². The van der Waals surface area contributed by atoms with E-state index >= 15 is 0 Å². The van der Waals surface area contributed by atoms with Gasteiger partial charge in [0.15, 0.2) is 5.65 Å². The Labute approximate surface area is 115 Å². The molecule has 0 fully saturated rings. The van der Waals surface area contributed by atoms with Crippen LogP contribution in [0, 0.1) is 0 Å². The topological polar surface area (TPSA) is 80.3 Å². The first-order chi connectivity index (χ1) is 9.78. The summed E-state index contributed by atoms with van der Waals surface area (Å²) in [7, 11) is 1.88. The number of imidazole rings is 1. The zero-order chi connectivity index (χ0) is 13.9. The van der Waals surface area contributed by atoms with Crippen LogP contribution in [0.25, 0.3) is 16.9 Å². The second-order valence-electron chi connectivity index (χ2n) is 4.54. The van der Waals surface area contributed by atoms with Gasteiger partial charge in [-0.1, -0.05) is 0 Å². The van der Waals surface area contributed by atoms with E-state index in [0.717, 1.165) is 22.7 Å². The molecule has 0 aliphatic rings. The monoisotopic (exact) mass is 272 g/mol. The normalized spacial score (nSPS) is 11.1. The summed E-state index contributed by atoms with van der Waals surface area (Å²) in [6.45, 7) is 0.854. The van der Waals surface area contributed by atoms with Gasteiger partial charge in [0.1, 0.15) is 5.82 Å². The smallest absolute Gasteiger partial charge is 0.154 e. The van der Waals surface area contributed by atoms with Crippen molar-refractivity contribution in [1.29, 1.82) is 0 Å². The maximum absolute atomic E-state index is 8.79. The SMILES string of the molecule is Cn1cc(-c2cnc3ccc(NCCCO)nn23)cn1. The largest absolute Gasteiger partial charge is 0.396 e. The van der Waals surface area contributed by atoms with Crippen LogP contribution in [0.15, 0.2) is 30.7 Å². The van der Waals surface area contributed by atoms with E-state index < -0.39 is 0 Å². The summed E-state index contributed by atoms with van der Waals surface area (Å²) in [6, 6.07) is 3.79. The number of aromatic nitrogens is 5. The van der Waals surface area contributed by atoms with E-state index in [0.29, 0.717) is 13.0 Å². The van der Waals surface area contributed by atoms with Gasteiger partial charge in [-0.2, -0.15) is 5.10 Å². The van der Waals surface area contributed by atoms with E-state index in [2.05, 4.69) is 20.5 Å². The van der Waals surface area contributed by atoms with Crippen LogP contribution in [0.1, 0.15) is 6.42 Å². The molecule has 3 rings (SSSR count). The zero-order valence-corrected chi connectivity index (χ0v) is 11.2. The fourth-order valence-corrected chi connectivity index (χ4v) is 2.01. The van der Waals surface area contributed by atoms with Crippen LogP contribution in [0.3, 0.4) is 0 Å². The van der Waals surface area contributed by atoms with Crippen molar-refractivity contribution in [2.45, 2.75) is 6.42 Å². The number of anilines is 1. The molecule has 7 nitrogen and oxygen atoms in total. The third kappa shape index (κ3) is 2.35. The number of aryl methyl sites for hydroxylation is 1. The van der Waals surface area contributed by atoms with Gasteiger partial charge in [0.2, 0.25) is 0 Å². The number of hydrogen-bond acceptors (Lipinski definition) is 5. The molecule has 0 saturated heterocycles. The summed E-state index contributed by atoms with van der Waals surface area (Å²) >= 11 is 0. The van der Waals surface area contributed by atoms with Crippen molar-refractivity contribution in [3.63, 3.8) is 0 Å². The van der Waals surface area contributed by atoms with Gasteiger partial charge in [-0.15, -0.1) is 5.10 Å². The Kier molecular flexibility index (Phi) is 3.34. The Morgan fingerprint density at radius 2 is 2.20 bits per heavy atom. The lowest BCUT2D eigenvalue weighted by Crippen LogP contribution is -2.07. The second kappa shape index (κ2) is 5.30. The fraction of sp³-hybridized carbons (Fsp3) is 0.308. The summed E-state index contributed by atoms with van der Waals surface area (Å²) in [5.41, 5.74) is 2.66. The van der Waals surface area contributed by atoms with Crippen molar-refractivity contribution >= 4 is 11.5 Å². The Morgan fingerprint density at radius 3 is 2.95 bits per heavy atom. The molecule has 3 aromatic rings. The third-order valence-corrected chi connectivity index (χ3v) is 3.00. The van der Waals surface area contributed by atoms with E-state index in [4.69, 9.17) is 5.11 Å². The maximum atomic E-state index is 8.79. The molecule has 104 valence electrons. The first kappa shape index (κ1) is 12.6. The van der Waals surface area contributed by atoms with E-state index in [1.165, 1.54) is 0 Å². The van der Waals surface area contributed by atoms with Gasteiger partial charge in [-0.3, -0.25) is 4.68 Å². The molecule has 0 unspecified atom stereocenters. The van der Waals surface area contributed by atoms with E-state index in [1.54, 1.807) is 21.6 Å². The van der Waals surface area contributed by atoms with Crippen LogP contribution in [0.4, 0.5) is 5.82 Å². The molecule has 0 amide bonds. The summed E-state index contributed by atoms with van der Waals surface area (Å²) in [5.74, 6) is 0.758. The molecule has 20 heavy (non-hydrogen) atoms.